The van der Waals surface area contributed by atoms with E-state index in [1.165, 1.54) is 6.07 Å². The predicted molar refractivity (Wildman–Crippen MR) is 96.3 cm³/mol. The quantitative estimate of drug-likeness (QED) is 0.682. The Labute approximate surface area is 150 Å². The monoisotopic (exact) mass is 379 g/mol. The van der Waals surface area contributed by atoms with Gasteiger partial charge in [0.15, 0.2) is 0 Å². The van der Waals surface area contributed by atoms with Crippen LogP contribution in [0, 0.1) is 5.82 Å². The third kappa shape index (κ3) is 3.97. The average molecular weight is 379 g/mol. The molecular weight excluding hydrogens is 361 g/mol. The second-order valence-electron chi connectivity index (χ2n) is 5.51. The van der Waals surface area contributed by atoms with Gasteiger partial charge in [0.2, 0.25) is 10.0 Å². The number of sulfonamides is 1. The smallest absolute Gasteiger partial charge is 0.250 e. The van der Waals surface area contributed by atoms with E-state index in [0.29, 0.717) is 5.56 Å². The number of halogens is 1. The fourth-order valence-corrected chi connectivity index (χ4v) is 4.67. The summed E-state index contributed by atoms with van der Waals surface area (Å²) in [4.78, 5) is 0. The number of aromatic nitrogens is 2. The number of nitrogens with zero attached hydrogens (tertiary/aromatic N) is 2. The maximum atomic E-state index is 13.6. The molecule has 0 fully saturated rings. The number of thiophene rings is 1. The lowest BCUT2D eigenvalue weighted by molar-refractivity contribution is 0.576. The molecule has 0 saturated carbocycles. The van der Waals surface area contributed by atoms with E-state index < -0.39 is 15.8 Å². The van der Waals surface area contributed by atoms with E-state index in [1.807, 2.05) is 10.7 Å². The number of hydrogen-bond acceptors (Lipinski definition) is 4. The summed E-state index contributed by atoms with van der Waals surface area (Å²) in [5, 5.41) is 6.05. The van der Waals surface area contributed by atoms with Gasteiger partial charge in [-0.1, -0.05) is 25.1 Å². The van der Waals surface area contributed by atoms with E-state index in [-0.39, 0.29) is 10.8 Å². The molecule has 1 aromatic carbocycles. The van der Waals surface area contributed by atoms with Gasteiger partial charge < -0.3 is 0 Å². The molecule has 0 unspecified atom stereocenters. The minimum atomic E-state index is -3.70. The van der Waals surface area contributed by atoms with Gasteiger partial charge in [0.25, 0.3) is 0 Å². The molecule has 0 radical (unpaired) electrons. The summed E-state index contributed by atoms with van der Waals surface area (Å²) < 4.78 is 43.1. The molecule has 2 heterocycles. The van der Waals surface area contributed by atoms with Gasteiger partial charge in [0.05, 0.1) is 5.69 Å². The van der Waals surface area contributed by atoms with Crippen molar-refractivity contribution < 1.29 is 12.8 Å². The molecule has 3 rings (SSSR count). The summed E-state index contributed by atoms with van der Waals surface area (Å²) in [6.07, 6.45) is 2.64. The molecular formula is C17H18FN3O2S2. The maximum Gasteiger partial charge on any atom is 0.250 e. The lowest BCUT2D eigenvalue weighted by Gasteiger charge is -2.06. The van der Waals surface area contributed by atoms with E-state index in [0.717, 1.165) is 35.6 Å². The standard InChI is InChI=1S/C17H18FN3O2S2/c1-2-9-21-16(7-8-19-21)14-10-17(24-12-14)25(22,23)20-11-13-5-3-4-6-15(13)18/h3-8,10,12,20H,2,9,11H2,1H3. The number of benzene rings is 1. The van der Waals surface area contributed by atoms with Crippen LogP contribution in [-0.4, -0.2) is 18.2 Å². The number of rotatable bonds is 7. The molecule has 25 heavy (non-hydrogen) atoms. The van der Waals surface area contributed by atoms with Gasteiger partial charge in [-0.25, -0.2) is 17.5 Å². The Balaban J connectivity index is 1.78. The van der Waals surface area contributed by atoms with Crippen LogP contribution in [0.5, 0.6) is 0 Å². The van der Waals surface area contributed by atoms with Gasteiger partial charge >= 0.3 is 0 Å². The molecule has 3 aromatic rings. The molecule has 0 aliphatic rings. The van der Waals surface area contributed by atoms with Crippen molar-refractivity contribution in [2.75, 3.05) is 0 Å². The van der Waals surface area contributed by atoms with Crippen LogP contribution in [0.25, 0.3) is 11.3 Å². The molecule has 0 saturated heterocycles. The van der Waals surface area contributed by atoms with Crippen LogP contribution in [0.4, 0.5) is 4.39 Å². The molecule has 0 spiro atoms. The first kappa shape index (κ1) is 17.8. The Morgan fingerprint density at radius 2 is 2.08 bits per heavy atom. The van der Waals surface area contributed by atoms with Crippen molar-refractivity contribution in [2.45, 2.75) is 30.6 Å². The number of aryl methyl sites for hydroxylation is 1. The molecule has 8 heteroatoms. The van der Waals surface area contributed by atoms with Crippen molar-refractivity contribution in [3.8, 4) is 11.3 Å². The first-order chi connectivity index (χ1) is 12.0. The van der Waals surface area contributed by atoms with Crippen LogP contribution >= 0.6 is 11.3 Å². The third-order valence-corrected chi connectivity index (χ3v) is 6.54. The van der Waals surface area contributed by atoms with Gasteiger partial charge in [0.1, 0.15) is 10.0 Å². The molecule has 5 nitrogen and oxygen atoms in total. The van der Waals surface area contributed by atoms with Crippen LogP contribution in [0.3, 0.4) is 0 Å². The summed E-state index contributed by atoms with van der Waals surface area (Å²) in [5.74, 6) is -0.430. The van der Waals surface area contributed by atoms with Gasteiger partial charge in [-0.15, -0.1) is 11.3 Å². The lowest BCUT2D eigenvalue weighted by Crippen LogP contribution is -2.22. The molecule has 0 aliphatic heterocycles. The van der Waals surface area contributed by atoms with E-state index in [2.05, 4.69) is 16.7 Å². The van der Waals surface area contributed by atoms with Crippen molar-refractivity contribution >= 4 is 21.4 Å². The second kappa shape index (κ2) is 7.47. The SMILES string of the molecule is CCCn1nccc1-c1csc(S(=O)(=O)NCc2ccccc2F)c1. The number of hydrogen-bond donors (Lipinski definition) is 1. The zero-order valence-corrected chi connectivity index (χ0v) is 15.3. The molecule has 2 aromatic heterocycles. The van der Waals surface area contributed by atoms with E-state index in [1.54, 1.807) is 35.8 Å². The van der Waals surface area contributed by atoms with Crippen molar-refractivity contribution in [2.24, 2.45) is 0 Å². The molecule has 1 N–H and O–H groups in total. The Hall–Kier alpha value is -2.03. The highest BCUT2D eigenvalue weighted by Crippen LogP contribution is 2.28. The van der Waals surface area contributed by atoms with Crippen LogP contribution in [0.2, 0.25) is 0 Å². The van der Waals surface area contributed by atoms with E-state index in [4.69, 9.17) is 0 Å². The molecule has 0 aliphatic carbocycles. The van der Waals surface area contributed by atoms with E-state index in [9.17, 15) is 12.8 Å². The minimum Gasteiger partial charge on any atom is -0.265 e. The largest absolute Gasteiger partial charge is 0.265 e. The highest BCUT2D eigenvalue weighted by atomic mass is 32.2. The highest BCUT2D eigenvalue weighted by molar-refractivity contribution is 7.91. The Morgan fingerprint density at radius 3 is 2.84 bits per heavy atom. The second-order valence-corrected chi connectivity index (χ2v) is 8.41. The summed E-state index contributed by atoms with van der Waals surface area (Å²) >= 11 is 1.14. The van der Waals surface area contributed by atoms with Gasteiger partial charge in [-0.3, -0.25) is 4.68 Å². The fourth-order valence-electron chi connectivity index (χ4n) is 2.45. The summed E-state index contributed by atoms with van der Waals surface area (Å²) in [6, 6.07) is 9.59. The third-order valence-electron chi connectivity index (χ3n) is 3.70. The number of nitrogens with one attached hydrogen (secondary N) is 1. The van der Waals surface area contributed by atoms with E-state index >= 15 is 0 Å². The molecule has 0 amide bonds. The van der Waals surface area contributed by atoms with Crippen LogP contribution in [0.15, 0.2) is 52.2 Å². The minimum absolute atomic E-state index is 0.0873. The van der Waals surface area contributed by atoms with Crippen molar-refractivity contribution in [3.05, 3.63) is 59.4 Å². The van der Waals surface area contributed by atoms with Gasteiger partial charge in [-0.2, -0.15) is 5.10 Å². The zero-order valence-electron chi connectivity index (χ0n) is 13.6. The molecule has 0 atom stereocenters. The normalized spacial score (nSPS) is 11.8. The van der Waals surface area contributed by atoms with Crippen LogP contribution in [0.1, 0.15) is 18.9 Å². The first-order valence-corrected chi connectivity index (χ1v) is 10.2. The Bertz CT molecular complexity index is 964. The average Bonchev–Trinajstić information content (AvgIpc) is 3.23. The Kier molecular flexibility index (Phi) is 5.31. The van der Waals surface area contributed by atoms with Gasteiger partial charge in [-0.05, 0) is 24.6 Å². The summed E-state index contributed by atoms with van der Waals surface area (Å²) in [5.41, 5.74) is 2.00. The summed E-state index contributed by atoms with van der Waals surface area (Å²) in [6.45, 7) is 2.74. The fraction of sp³-hybridized carbons (Fsp3) is 0.235. The van der Waals surface area contributed by atoms with Crippen molar-refractivity contribution in [3.63, 3.8) is 0 Å². The van der Waals surface area contributed by atoms with Crippen molar-refractivity contribution in [1.82, 2.24) is 14.5 Å². The highest BCUT2D eigenvalue weighted by Gasteiger charge is 2.18. The topological polar surface area (TPSA) is 64.0 Å². The maximum absolute atomic E-state index is 13.6. The van der Waals surface area contributed by atoms with Crippen LogP contribution < -0.4 is 4.72 Å². The van der Waals surface area contributed by atoms with Gasteiger partial charge in [0, 0.05) is 35.8 Å². The van der Waals surface area contributed by atoms with Crippen LogP contribution in [-0.2, 0) is 23.1 Å². The van der Waals surface area contributed by atoms with Crippen molar-refractivity contribution in [1.29, 1.82) is 0 Å². The predicted octanol–water partition coefficient (Wildman–Crippen LogP) is 3.64. The summed E-state index contributed by atoms with van der Waals surface area (Å²) in [7, 11) is -3.70. The first-order valence-electron chi connectivity index (χ1n) is 7.85. The Morgan fingerprint density at radius 1 is 1.28 bits per heavy atom. The lowest BCUT2D eigenvalue weighted by atomic mass is 10.2. The molecule has 0 bridgehead atoms. The molecule has 132 valence electrons. The zero-order chi connectivity index (χ0) is 17.9.